The molecule has 6 aromatic rings. The van der Waals surface area contributed by atoms with E-state index in [2.05, 4.69) is 8.37 Å². The van der Waals surface area contributed by atoms with Crippen molar-refractivity contribution >= 4 is 64.1 Å². The maximum absolute atomic E-state index is 13.4. The van der Waals surface area contributed by atoms with Gasteiger partial charge in [0.2, 0.25) is 0 Å². The van der Waals surface area contributed by atoms with E-state index in [0.29, 0.717) is 0 Å². The van der Waals surface area contributed by atoms with Gasteiger partial charge in [-0.3, -0.25) is 0 Å². The molecule has 218 valence electrons. The lowest BCUT2D eigenvalue weighted by atomic mass is 9.93. The molecule has 0 aliphatic heterocycles. The van der Waals surface area contributed by atoms with Crippen LogP contribution in [0.1, 0.15) is 0 Å². The van der Waals surface area contributed by atoms with Crippen molar-refractivity contribution in [3.63, 3.8) is 0 Å². The minimum absolute atomic E-state index is 0.0441. The largest absolute Gasteiger partial charge is 0.534 e. The summed E-state index contributed by atoms with van der Waals surface area (Å²) in [7, 11) is -12.7. The molecule has 2 heterocycles. The molecule has 0 unspecified atom stereocenters. The van der Waals surface area contributed by atoms with Crippen LogP contribution in [0.2, 0.25) is 0 Å². The van der Waals surface area contributed by atoms with Gasteiger partial charge in [0.1, 0.15) is 22.3 Å². The van der Waals surface area contributed by atoms with Crippen molar-refractivity contribution in [1.82, 2.24) is 0 Å². The standard InChI is InChI=1S/C26H12F6O8S2/c27-25(28,29)41(33,34)39-19-11-9-17-21(13-5-1-3-7-15(13)37-17)23(19)24-20(40-42(35,36)26(30,31)32)12-10-18-22(24)14-6-2-4-8-16(14)38-18/h1-12H. The summed E-state index contributed by atoms with van der Waals surface area (Å²) < 4.78 is 150. The molecular formula is C26H12F6O8S2. The number of furan rings is 2. The second kappa shape index (κ2) is 9.03. The monoisotopic (exact) mass is 630 g/mol. The topological polar surface area (TPSA) is 113 Å². The molecule has 4 aromatic carbocycles. The van der Waals surface area contributed by atoms with Crippen molar-refractivity contribution in [1.29, 1.82) is 0 Å². The molecule has 0 aliphatic carbocycles. The van der Waals surface area contributed by atoms with Gasteiger partial charge < -0.3 is 17.2 Å². The summed E-state index contributed by atoms with van der Waals surface area (Å²) >= 11 is 0. The van der Waals surface area contributed by atoms with Crippen LogP contribution in [0.15, 0.2) is 81.6 Å². The third kappa shape index (κ3) is 4.28. The summed E-state index contributed by atoms with van der Waals surface area (Å²) in [6.07, 6.45) is 0. The van der Waals surface area contributed by atoms with Crippen molar-refractivity contribution in [2.75, 3.05) is 0 Å². The van der Waals surface area contributed by atoms with Crippen LogP contribution in [0.3, 0.4) is 0 Å². The Kier molecular flexibility index (Phi) is 5.96. The first-order valence-corrected chi connectivity index (χ1v) is 14.3. The van der Waals surface area contributed by atoms with E-state index in [1.807, 2.05) is 0 Å². The van der Waals surface area contributed by atoms with Gasteiger partial charge in [-0.15, -0.1) is 0 Å². The Bertz CT molecular complexity index is 2100. The first-order chi connectivity index (χ1) is 19.6. The van der Waals surface area contributed by atoms with Gasteiger partial charge in [0.05, 0.1) is 0 Å². The molecule has 0 saturated heterocycles. The Labute approximate surface area is 230 Å². The SMILES string of the molecule is O=S(=O)(Oc1ccc2oc3ccccc3c2c1-c1c(OS(=O)(=O)C(F)(F)F)ccc2oc3ccccc3c12)C(F)(F)F. The van der Waals surface area contributed by atoms with Gasteiger partial charge in [0.25, 0.3) is 0 Å². The molecular weight excluding hydrogens is 618 g/mol. The van der Waals surface area contributed by atoms with E-state index >= 15 is 0 Å². The van der Waals surface area contributed by atoms with Crippen LogP contribution in [0.5, 0.6) is 11.5 Å². The molecule has 2 aromatic heterocycles. The van der Waals surface area contributed by atoms with Gasteiger partial charge in [-0.1, -0.05) is 36.4 Å². The van der Waals surface area contributed by atoms with Crippen molar-refractivity contribution in [2.45, 2.75) is 11.0 Å². The number of rotatable bonds is 5. The Balaban J connectivity index is 1.83. The molecule has 0 spiro atoms. The summed E-state index contributed by atoms with van der Waals surface area (Å²) in [5.41, 5.74) is -12.7. The van der Waals surface area contributed by atoms with Gasteiger partial charge >= 0.3 is 31.3 Å². The fourth-order valence-corrected chi connectivity index (χ4v) is 5.50. The molecule has 8 nitrogen and oxygen atoms in total. The van der Waals surface area contributed by atoms with Gasteiger partial charge in [-0.05, 0) is 36.4 Å². The molecule has 0 atom stereocenters. The van der Waals surface area contributed by atoms with Gasteiger partial charge in [0, 0.05) is 32.7 Å². The Morgan fingerprint density at radius 3 is 1.21 bits per heavy atom. The maximum atomic E-state index is 13.4. The normalized spacial score (nSPS) is 13.4. The number of para-hydroxylation sites is 2. The minimum Gasteiger partial charge on any atom is -0.456 e. The number of hydrogen-bond donors (Lipinski definition) is 0. The Morgan fingerprint density at radius 2 is 0.857 bits per heavy atom. The van der Waals surface area contributed by atoms with E-state index in [4.69, 9.17) is 8.83 Å². The highest BCUT2D eigenvalue weighted by molar-refractivity contribution is 7.88. The molecule has 0 fully saturated rings. The lowest BCUT2D eigenvalue weighted by Crippen LogP contribution is -2.28. The number of benzene rings is 4. The first-order valence-electron chi connectivity index (χ1n) is 11.5. The van der Waals surface area contributed by atoms with Crippen molar-refractivity contribution in [2.24, 2.45) is 0 Å². The first kappa shape index (κ1) is 27.7. The predicted molar refractivity (Wildman–Crippen MR) is 138 cm³/mol. The molecule has 0 aliphatic rings. The van der Waals surface area contributed by atoms with Crippen molar-refractivity contribution < 1.29 is 60.4 Å². The smallest absolute Gasteiger partial charge is 0.456 e. The summed E-state index contributed by atoms with van der Waals surface area (Å²) in [5.74, 6) is -2.00. The van der Waals surface area contributed by atoms with Crippen LogP contribution >= 0.6 is 0 Å². The van der Waals surface area contributed by atoms with Crippen LogP contribution in [0, 0.1) is 0 Å². The number of halogens is 6. The third-order valence-electron chi connectivity index (χ3n) is 6.23. The average molecular weight is 630 g/mol. The second-order valence-electron chi connectivity index (χ2n) is 8.79. The number of alkyl halides is 6. The highest BCUT2D eigenvalue weighted by Gasteiger charge is 2.50. The quantitative estimate of drug-likeness (QED) is 0.109. The molecule has 42 heavy (non-hydrogen) atoms. The summed E-state index contributed by atoms with van der Waals surface area (Å²) in [6, 6.07) is 15.8. The van der Waals surface area contributed by atoms with Crippen LogP contribution in [0.4, 0.5) is 26.3 Å². The summed E-state index contributed by atoms with van der Waals surface area (Å²) in [6.45, 7) is 0. The zero-order chi connectivity index (χ0) is 30.2. The van der Waals surface area contributed by atoms with Crippen LogP contribution in [-0.4, -0.2) is 27.9 Å². The van der Waals surface area contributed by atoms with Gasteiger partial charge in [0.15, 0.2) is 11.5 Å². The van der Waals surface area contributed by atoms with E-state index in [1.165, 1.54) is 36.4 Å². The van der Waals surface area contributed by atoms with Crippen LogP contribution in [0.25, 0.3) is 55.0 Å². The lowest BCUT2D eigenvalue weighted by molar-refractivity contribution is -0.0505. The van der Waals surface area contributed by atoms with Crippen LogP contribution < -0.4 is 8.37 Å². The van der Waals surface area contributed by atoms with Gasteiger partial charge in [-0.25, -0.2) is 0 Å². The highest BCUT2D eigenvalue weighted by Crippen LogP contribution is 2.51. The molecule has 0 saturated carbocycles. The fourth-order valence-electron chi connectivity index (χ4n) is 4.56. The Hall–Kier alpha value is -4.44. The van der Waals surface area contributed by atoms with E-state index in [1.54, 1.807) is 12.1 Å². The van der Waals surface area contributed by atoms with E-state index in [0.717, 1.165) is 24.3 Å². The maximum Gasteiger partial charge on any atom is 0.534 e. The Morgan fingerprint density at radius 1 is 0.500 bits per heavy atom. The van der Waals surface area contributed by atoms with E-state index < -0.39 is 53.9 Å². The second-order valence-corrected chi connectivity index (χ2v) is 11.9. The van der Waals surface area contributed by atoms with Crippen LogP contribution in [-0.2, 0) is 20.2 Å². The molecule has 0 amide bonds. The molecule has 16 heteroatoms. The average Bonchev–Trinajstić information content (AvgIpc) is 3.46. The predicted octanol–water partition coefficient (Wildman–Crippen LogP) is 7.61. The lowest BCUT2D eigenvalue weighted by Gasteiger charge is -2.18. The fraction of sp³-hybridized carbons (Fsp3) is 0.0769. The molecule has 0 N–H and O–H groups in total. The zero-order valence-electron chi connectivity index (χ0n) is 20.3. The highest BCUT2D eigenvalue weighted by atomic mass is 32.2. The molecule has 0 bridgehead atoms. The van der Waals surface area contributed by atoms with E-state index in [-0.39, 0.29) is 43.9 Å². The summed E-state index contributed by atoms with van der Waals surface area (Å²) in [4.78, 5) is 0. The molecule has 0 radical (unpaired) electrons. The van der Waals surface area contributed by atoms with Crippen molar-refractivity contribution in [3.05, 3.63) is 72.8 Å². The van der Waals surface area contributed by atoms with Gasteiger partial charge in [-0.2, -0.15) is 43.2 Å². The number of fused-ring (bicyclic) bond motifs is 6. The summed E-state index contributed by atoms with van der Waals surface area (Å²) in [5, 5.41) is 0.165. The molecule has 6 rings (SSSR count). The minimum atomic E-state index is -6.33. The number of hydrogen-bond acceptors (Lipinski definition) is 8. The van der Waals surface area contributed by atoms with Crippen molar-refractivity contribution in [3.8, 4) is 22.6 Å². The third-order valence-corrected chi connectivity index (χ3v) is 8.16. The van der Waals surface area contributed by atoms with E-state index in [9.17, 15) is 43.2 Å². The zero-order valence-corrected chi connectivity index (χ0v) is 21.9.